The number of nitrogens with one attached hydrogen (secondary N) is 3. The van der Waals surface area contributed by atoms with Gasteiger partial charge in [-0.1, -0.05) is 24.8 Å². The predicted molar refractivity (Wildman–Crippen MR) is 119 cm³/mol. The number of halogens is 3. The van der Waals surface area contributed by atoms with Crippen molar-refractivity contribution in [2.24, 2.45) is 0 Å². The minimum Gasteiger partial charge on any atom is -0.437 e. The fourth-order valence-electron chi connectivity index (χ4n) is 3.06. The molecule has 0 bridgehead atoms. The lowest BCUT2D eigenvalue weighted by Crippen LogP contribution is -2.27. The van der Waals surface area contributed by atoms with Gasteiger partial charge in [-0.2, -0.15) is 18.2 Å². The van der Waals surface area contributed by atoms with Crippen molar-refractivity contribution in [3.05, 3.63) is 77.3 Å². The average molecular weight is 473 g/mol. The van der Waals surface area contributed by atoms with Gasteiger partial charge in [0, 0.05) is 31.1 Å². The molecule has 1 fully saturated rings. The molecule has 178 valence electrons. The van der Waals surface area contributed by atoms with Crippen LogP contribution in [0.2, 0.25) is 0 Å². The molecular weight excluding hydrogens is 451 g/mol. The Balaban J connectivity index is 1.94. The first-order chi connectivity index (χ1) is 16.1. The van der Waals surface area contributed by atoms with E-state index in [1.54, 1.807) is 25.1 Å². The van der Waals surface area contributed by atoms with Gasteiger partial charge in [-0.15, -0.1) is 0 Å². The van der Waals surface area contributed by atoms with Crippen molar-refractivity contribution in [1.82, 2.24) is 20.6 Å². The summed E-state index contributed by atoms with van der Waals surface area (Å²) in [6, 6.07) is 5.87. The summed E-state index contributed by atoms with van der Waals surface area (Å²) in [5.41, 5.74) is 0.518. The van der Waals surface area contributed by atoms with E-state index in [0.717, 1.165) is 5.57 Å². The Morgan fingerprint density at radius 3 is 2.65 bits per heavy atom. The van der Waals surface area contributed by atoms with Gasteiger partial charge in [0.25, 0.3) is 5.91 Å². The third-order valence-corrected chi connectivity index (χ3v) is 4.82. The first-order valence-corrected chi connectivity index (χ1v) is 10.2. The minimum absolute atomic E-state index is 0.0444. The first-order valence-electron chi connectivity index (χ1n) is 10.2. The Hall–Kier alpha value is -4.15. The van der Waals surface area contributed by atoms with Gasteiger partial charge < -0.3 is 20.7 Å². The van der Waals surface area contributed by atoms with Crippen LogP contribution in [0.5, 0.6) is 11.6 Å². The number of hydrogen-bond donors (Lipinski definition) is 3. The summed E-state index contributed by atoms with van der Waals surface area (Å²) in [5, 5.41) is 7.89. The summed E-state index contributed by atoms with van der Waals surface area (Å²) < 4.78 is 46.2. The summed E-state index contributed by atoms with van der Waals surface area (Å²) in [5.74, 6) is -1.68. The molecule has 0 saturated carbocycles. The van der Waals surface area contributed by atoms with Crippen LogP contribution in [0.4, 0.5) is 19.1 Å². The molecule has 1 aliphatic rings. The van der Waals surface area contributed by atoms with Crippen molar-refractivity contribution >= 4 is 17.8 Å². The van der Waals surface area contributed by atoms with E-state index in [1.807, 2.05) is 0 Å². The number of aromatic nitrogens is 2. The van der Waals surface area contributed by atoms with Crippen molar-refractivity contribution in [3.8, 4) is 11.6 Å². The molecule has 2 heterocycles. The van der Waals surface area contributed by atoms with Gasteiger partial charge in [-0.25, -0.2) is 4.98 Å². The maximum atomic E-state index is 13.6. The molecule has 2 aromatic rings. The monoisotopic (exact) mass is 473 g/mol. The molecule has 1 aromatic heterocycles. The van der Waals surface area contributed by atoms with Crippen molar-refractivity contribution < 1.29 is 27.5 Å². The van der Waals surface area contributed by atoms with Gasteiger partial charge >= 0.3 is 6.18 Å². The lowest BCUT2D eigenvalue weighted by atomic mass is 10.0. The van der Waals surface area contributed by atoms with E-state index in [2.05, 4.69) is 32.5 Å². The van der Waals surface area contributed by atoms with E-state index in [9.17, 15) is 22.8 Å². The summed E-state index contributed by atoms with van der Waals surface area (Å²) in [6.07, 6.45) is -0.0699. The van der Waals surface area contributed by atoms with E-state index in [1.165, 1.54) is 25.2 Å². The SMILES string of the molecule is C=C1NC(=O)CC/C1=C/C(=C\C)Nc1ncc(C(F)(F)F)c(Oc2ccccc2C(=O)NC)n1. The molecule has 3 N–H and O–H groups in total. The molecule has 34 heavy (non-hydrogen) atoms. The van der Waals surface area contributed by atoms with Gasteiger partial charge in [-0.3, -0.25) is 9.59 Å². The Kier molecular flexibility index (Phi) is 7.34. The number of ether oxygens (including phenoxy) is 1. The van der Waals surface area contributed by atoms with E-state index in [4.69, 9.17) is 4.74 Å². The quantitative estimate of drug-likeness (QED) is 0.578. The lowest BCUT2D eigenvalue weighted by Gasteiger charge is -2.19. The molecule has 3 rings (SSSR count). The van der Waals surface area contributed by atoms with Gasteiger partial charge in [0.1, 0.15) is 11.3 Å². The highest BCUT2D eigenvalue weighted by Gasteiger charge is 2.37. The predicted octanol–water partition coefficient (Wildman–Crippen LogP) is 4.31. The second-order valence-electron chi connectivity index (χ2n) is 7.15. The second kappa shape index (κ2) is 10.2. The zero-order valence-corrected chi connectivity index (χ0v) is 18.4. The largest absolute Gasteiger partial charge is 0.437 e. The Bertz CT molecular complexity index is 1190. The van der Waals surface area contributed by atoms with E-state index in [0.29, 0.717) is 30.4 Å². The van der Waals surface area contributed by atoms with Crippen LogP contribution in [0.25, 0.3) is 0 Å². The summed E-state index contributed by atoms with van der Waals surface area (Å²) in [7, 11) is 1.40. The van der Waals surface area contributed by atoms with Crippen LogP contribution in [0, 0.1) is 0 Å². The number of piperidine rings is 1. The molecule has 0 spiro atoms. The van der Waals surface area contributed by atoms with Gasteiger partial charge in [-0.05, 0) is 37.1 Å². The molecule has 2 amide bonds. The maximum Gasteiger partial charge on any atom is 0.423 e. The number of benzene rings is 1. The molecular formula is C23H22F3N5O3. The maximum absolute atomic E-state index is 13.6. The molecule has 0 radical (unpaired) electrons. The highest BCUT2D eigenvalue weighted by molar-refractivity contribution is 5.96. The van der Waals surface area contributed by atoms with Gasteiger partial charge in [0.05, 0.1) is 5.56 Å². The van der Waals surface area contributed by atoms with Crippen LogP contribution >= 0.6 is 0 Å². The zero-order valence-electron chi connectivity index (χ0n) is 18.4. The number of alkyl halides is 3. The first kappa shape index (κ1) is 24.5. The fraction of sp³-hybridized carbons (Fsp3) is 0.217. The number of rotatable bonds is 6. The van der Waals surface area contributed by atoms with Crippen LogP contribution in [-0.2, 0) is 11.0 Å². The van der Waals surface area contributed by atoms with Crippen LogP contribution in [0.15, 0.2) is 66.2 Å². The molecule has 8 nitrogen and oxygen atoms in total. The number of carbonyl (C=O) groups excluding carboxylic acids is 2. The van der Waals surface area contributed by atoms with Gasteiger partial charge in [0.15, 0.2) is 0 Å². The number of amides is 2. The molecule has 0 atom stereocenters. The number of hydrogen-bond acceptors (Lipinski definition) is 6. The van der Waals surface area contributed by atoms with Crippen molar-refractivity contribution in [3.63, 3.8) is 0 Å². The Morgan fingerprint density at radius 1 is 1.26 bits per heavy atom. The van der Waals surface area contributed by atoms with Crippen LogP contribution in [-0.4, -0.2) is 28.8 Å². The topological polar surface area (TPSA) is 105 Å². The summed E-state index contributed by atoms with van der Waals surface area (Å²) in [6.45, 7) is 5.52. The molecule has 0 aliphatic carbocycles. The number of anilines is 1. The molecule has 1 saturated heterocycles. The normalized spacial score (nSPS) is 15.7. The van der Waals surface area contributed by atoms with Crippen LogP contribution < -0.4 is 20.7 Å². The van der Waals surface area contributed by atoms with E-state index < -0.39 is 23.5 Å². The third kappa shape index (κ3) is 5.80. The highest BCUT2D eigenvalue weighted by atomic mass is 19.4. The zero-order chi connectivity index (χ0) is 24.9. The lowest BCUT2D eigenvalue weighted by molar-refractivity contribution is -0.139. The van der Waals surface area contributed by atoms with Gasteiger partial charge in [0.2, 0.25) is 17.7 Å². The smallest absolute Gasteiger partial charge is 0.423 e. The number of carbonyl (C=O) groups is 2. The van der Waals surface area contributed by atoms with Crippen molar-refractivity contribution in [1.29, 1.82) is 0 Å². The number of allylic oxidation sites excluding steroid dienone is 3. The number of para-hydroxylation sites is 1. The summed E-state index contributed by atoms with van der Waals surface area (Å²) >= 11 is 0. The van der Waals surface area contributed by atoms with Crippen LogP contribution in [0.1, 0.15) is 35.7 Å². The van der Waals surface area contributed by atoms with Crippen LogP contribution in [0.3, 0.4) is 0 Å². The Morgan fingerprint density at radius 2 is 2.00 bits per heavy atom. The highest BCUT2D eigenvalue weighted by Crippen LogP contribution is 2.37. The Labute approximate surface area is 193 Å². The standard InChI is InChI=1S/C23H22F3N5O3/c1-4-15(11-14-9-10-19(32)29-13(14)2)30-22-28-12-17(23(24,25)26)21(31-22)34-18-8-6-5-7-16(18)20(33)27-3/h4-8,11-12H,2,9-10H2,1,3H3,(H,27,33)(H,29,32)(H,28,30,31)/b14-11-,15-4+. The average Bonchev–Trinajstić information content (AvgIpc) is 2.79. The second-order valence-corrected chi connectivity index (χ2v) is 7.15. The molecule has 0 unspecified atom stereocenters. The summed E-state index contributed by atoms with van der Waals surface area (Å²) in [4.78, 5) is 31.2. The molecule has 1 aliphatic heterocycles. The molecule has 1 aromatic carbocycles. The van der Waals surface area contributed by atoms with Crippen molar-refractivity contribution in [2.45, 2.75) is 25.9 Å². The van der Waals surface area contributed by atoms with E-state index >= 15 is 0 Å². The third-order valence-electron chi connectivity index (χ3n) is 4.82. The van der Waals surface area contributed by atoms with E-state index in [-0.39, 0.29) is 23.2 Å². The van der Waals surface area contributed by atoms with Crippen molar-refractivity contribution in [2.75, 3.05) is 12.4 Å². The minimum atomic E-state index is -4.79. The fourth-order valence-corrected chi connectivity index (χ4v) is 3.06. The molecule has 11 heteroatoms. The number of nitrogens with zero attached hydrogens (tertiary/aromatic N) is 2.